The van der Waals surface area contributed by atoms with Gasteiger partial charge in [0.15, 0.2) is 0 Å². The molecule has 0 aliphatic carbocycles. The number of nitrogens with one attached hydrogen (secondary N) is 1. The van der Waals surface area contributed by atoms with E-state index in [-0.39, 0.29) is 5.91 Å². The summed E-state index contributed by atoms with van der Waals surface area (Å²) in [5, 5.41) is 4.69. The van der Waals surface area contributed by atoms with E-state index >= 15 is 0 Å². The lowest BCUT2D eigenvalue weighted by Crippen LogP contribution is -2.41. The van der Waals surface area contributed by atoms with Crippen LogP contribution in [-0.4, -0.2) is 24.1 Å². The van der Waals surface area contributed by atoms with Crippen molar-refractivity contribution in [2.75, 3.05) is 17.3 Å². The summed E-state index contributed by atoms with van der Waals surface area (Å²) < 4.78 is 0. The average molecular weight is 232 g/mol. The lowest BCUT2D eigenvalue weighted by atomic mass is 9.98. The Kier molecular flexibility index (Phi) is 2.06. The van der Waals surface area contributed by atoms with Gasteiger partial charge in [0.1, 0.15) is 0 Å². The van der Waals surface area contributed by atoms with Crippen LogP contribution >= 0.6 is 0 Å². The Labute approximate surface area is 100 Å². The number of amides is 1. The van der Waals surface area contributed by atoms with Crippen LogP contribution in [0.1, 0.15) is 18.1 Å². The Morgan fingerprint density at radius 2 is 2.18 bits per heavy atom. The number of nitrogens with two attached hydrogens (primary N) is 1. The predicted molar refractivity (Wildman–Crippen MR) is 66.4 cm³/mol. The summed E-state index contributed by atoms with van der Waals surface area (Å²) >= 11 is 0. The van der Waals surface area contributed by atoms with Crippen LogP contribution in [0.25, 0.3) is 0 Å². The molecule has 0 saturated carbocycles. The van der Waals surface area contributed by atoms with Crippen LogP contribution in [0.5, 0.6) is 0 Å². The summed E-state index contributed by atoms with van der Waals surface area (Å²) in [5.74, 6) is 5.63. The second-order valence-electron chi connectivity index (χ2n) is 4.77. The van der Waals surface area contributed by atoms with Crippen molar-refractivity contribution in [1.29, 1.82) is 0 Å². The van der Waals surface area contributed by atoms with Crippen LogP contribution in [0.4, 0.5) is 11.4 Å². The maximum atomic E-state index is 11.6. The Morgan fingerprint density at radius 3 is 2.94 bits per heavy atom. The van der Waals surface area contributed by atoms with Crippen LogP contribution in [0.15, 0.2) is 12.1 Å². The van der Waals surface area contributed by atoms with E-state index in [1.807, 2.05) is 0 Å². The number of benzene rings is 1. The van der Waals surface area contributed by atoms with Gasteiger partial charge in [-0.05, 0) is 30.2 Å². The number of hydrogen-bond donors (Lipinski definition) is 2. The third-order valence-corrected chi connectivity index (χ3v) is 3.65. The van der Waals surface area contributed by atoms with E-state index in [4.69, 9.17) is 5.84 Å². The standard InChI is InChI=1S/C12H16N4O/c1-7-14-10-3-9-6-16(13)12(17)5-8(9)4-11(10)15(7)2/h3-4,7,14H,5-6,13H2,1-2H3. The van der Waals surface area contributed by atoms with Crippen molar-refractivity contribution in [3.63, 3.8) is 0 Å². The molecule has 17 heavy (non-hydrogen) atoms. The number of hydrogen-bond acceptors (Lipinski definition) is 4. The Bertz CT molecular complexity index is 500. The molecule has 5 nitrogen and oxygen atoms in total. The molecule has 3 rings (SSSR count). The van der Waals surface area contributed by atoms with E-state index in [1.54, 1.807) is 0 Å². The second kappa shape index (κ2) is 3.37. The quantitative estimate of drug-likeness (QED) is 0.509. The first kappa shape index (κ1) is 10.4. The van der Waals surface area contributed by atoms with E-state index in [0.717, 1.165) is 22.5 Å². The first-order chi connectivity index (χ1) is 8.06. The van der Waals surface area contributed by atoms with Crippen molar-refractivity contribution in [2.45, 2.75) is 26.1 Å². The maximum Gasteiger partial charge on any atom is 0.241 e. The first-order valence-corrected chi connectivity index (χ1v) is 5.76. The molecule has 1 atom stereocenters. The second-order valence-corrected chi connectivity index (χ2v) is 4.77. The van der Waals surface area contributed by atoms with E-state index < -0.39 is 0 Å². The SMILES string of the molecule is CC1Nc2cc3c(cc2N1C)CC(=O)N(N)C3. The summed E-state index contributed by atoms with van der Waals surface area (Å²) in [6.07, 6.45) is 0.694. The van der Waals surface area contributed by atoms with Gasteiger partial charge >= 0.3 is 0 Å². The minimum atomic E-state index is -0.0147. The molecule has 90 valence electrons. The normalized spacial score (nSPS) is 22.3. The molecular weight excluding hydrogens is 216 g/mol. The Morgan fingerprint density at radius 1 is 1.41 bits per heavy atom. The topological polar surface area (TPSA) is 61.6 Å². The van der Waals surface area contributed by atoms with Crippen LogP contribution in [0.3, 0.4) is 0 Å². The van der Waals surface area contributed by atoms with E-state index in [1.165, 1.54) is 5.01 Å². The van der Waals surface area contributed by atoms with Gasteiger partial charge in [0.25, 0.3) is 0 Å². The van der Waals surface area contributed by atoms with Crippen molar-refractivity contribution in [3.05, 3.63) is 23.3 Å². The summed E-state index contributed by atoms with van der Waals surface area (Å²) in [6.45, 7) is 2.61. The van der Waals surface area contributed by atoms with Crippen molar-refractivity contribution < 1.29 is 4.79 Å². The van der Waals surface area contributed by atoms with Crippen LogP contribution in [0, 0.1) is 0 Å². The maximum absolute atomic E-state index is 11.6. The van der Waals surface area contributed by atoms with Gasteiger partial charge in [-0.1, -0.05) is 0 Å². The summed E-state index contributed by atoms with van der Waals surface area (Å²) in [5.41, 5.74) is 4.52. The summed E-state index contributed by atoms with van der Waals surface area (Å²) in [4.78, 5) is 13.8. The minimum absolute atomic E-state index is 0.0147. The lowest BCUT2D eigenvalue weighted by molar-refractivity contribution is -0.132. The molecular formula is C12H16N4O. The molecule has 2 aliphatic rings. The number of rotatable bonds is 0. The zero-order chi connectivity index (χ0) is 12.2. The van der Waals surface area contributed by atoms with Gasteiger partial charge in [0, 0.05) is 7.05 Å². The molecule has 3 N–H and O–H groups in total. The van der Waals surface area contributed by atoms with Gasteiger partial charge in [-0.25, -0.2) is 5.84 Å². The van der Waals surface area contributed by atoms with Crippen molar-refractivity contribution in [1.82, 2.24) is 5.01 Å². The molecule has 0 bridgehead atoms. The Hall–Kier alpha value is -1.75. The van der Waals surface area contributed by atoms with Gasteiger partial charge < -0.3 is 10.2 Å². The third kappa shape index (κ3) is 1.46. The average Bonchev–Trinajstić information content (AvgIpc) is 2.54. The van der Waals surface area contributed by atoms with E-state index in [9.17, 15) is 4.79 Å². The number of anilines is 2. The van der Waals surface area contributed by atoms with Gasteiger partial charge in [-0.3, -0.25) is 9.80 Å². The lowest BCUT2D eigenvalue weighted by Gasteiger charge is -2.25. The van der Waals surface area contributed by atoms with Gasteiger partial charge in [-0.2, -0.15) is 0 Å². The molecule has 0 spiro atoms. The van der Waals surface area contributed by atoms with Crippen molar-refractivity contribution in [2.24, 2.45) is 5.84 Å². The number of nitrogens with zero attached hydrogens (tertiary/aromatic N) is 2. The number of fused-ring (bicyclic) bond motifs is 2. The number of carbonyl (C=O) groups is 1. The zero-order valence-electron chi connectivity index (χ0n) is 10.0. The molecule has 2 aliphatic heterocycles. The fourth-order valence-electron chi connectivity index (χ4n) is 2.46. The highest BCUT2D eigenvalue weighted by Gasteiger charge is 2.27. The molecule has 0 aromatic heterocycles. The summed E-state index contributed by atoms with van der Waals surface area (Å²) in [6, 6.07) is 4.21. The number of carbonyl (C=O) groups excluding carboxylic acids is 1. The predicted octanol–water partition coefficient (Wildman–Crippen LogP) is 0.653. The van der Waals surface area contributed by atoms with Gasteiger partial charge in [0.05, 0.1) is 30.5 Å². The van der Waals surface area contributed by atoms with Crippen molar-refractivity contribution >= 4 is 17.3 Å². The molecule has 0 fully saturated rings. The highest BCUT2D eigenvalue weighted by Crippen LogP contribution is 2.37. The molecule has 0 saturated heterocycles. The van der Waals surface area contributed by atoms with Crippen LogP contribution in [-0.2, 0) is 17.8 Å². The largest absolute Gasteiger partial charge is 0.364 e. The fraction of sp³-hybridized carbons (Fsp3) is 0.417. The third-order valence-electron chi connectivity index (χ3n) is 3.65. The smallest absolute Gasteiger partial charge is 0.241 e. The molecule has 2 heterocycles. The molecule has 1 aromatic rings. The van der Waals surface area contributed by atoms with Crippen molar-refractivity contribution in [3.8, 4) is 0 Å². The highest BCUT2D eigenvalue weighted by molar-refractivity contribution is 5.84. The van der Waals surface area contributed by atoms with Gasteiger partial charge in [0.2, 0.25) is 5.91 Å². The highest BCUT2D eigenvalue weighted by atomic mass is 16.2. The molecule has 0 radical (unpaired) electrons. The molecule has 5 heteroatoms. The molecule has 1 unspecified atom stereocenters. The van der Waals surface area contributed by atoms with Crippen LogP contribution < -0.4 is 16.1 Å². The summed E-state index contributed by atoms with van der Waals surface area (Å²) in [7, 11) is 2.05. The fourth-order valence-corrected chi connectivity index (χ4v) is 2.46. The van der Waals surface area contributed by atoms with E-state index in [0.29, 0.717) is 19.1 Å². The van der Waals surface area contributed by atoms with E-state index in [2.05, 4.69) is 36.3 Å². The van der Waals surface area contributed by atoms with Gasteiger partial charge in [-0.15, -0.1) is 0 Å². The molecule has 1 aromatic carbocycles. The Balaban J connectivity index is 2.06. The number of hydrazine groups is 1. The monoisotopic (exact) mass is 232 g/mol. The first-order valence-electron chi connectivity index (χ1n) is 5.76. The molecule has 1 amide bonds. The zero-order valence-corrected chi connectivity index (χ0v) is 10.0. The van der Waals surface area contributed by atoms with Crippen LogP contribution in [0.2, 0.25) is 0 Å². The minimum Gasteiger partial charge on any atom is -0.364 e.